The number of benzene rings is 1. The van der Waals surface area contributed by atoms with Crippen molar-refractivity contribution in [3.05, 3.63) is 69.5 Å². The SMILES string of the molecule is C=C(C)c1cc2c(NC(C)c3cccc(C(F)F)c3F)nc(C)nc2[nH]c1=O. The van der Waals surface area contributed by atoms with E-state index in [-0.39, 0.29) is 11.1 Å². The van der Waals surface area contributed by atoms with E-state index in [2.05, 4.69) is 26.8 Å². The van der Waals surface area contributed by atoms with Gasteiger partial charge < -0.3 is 10.3 Å². The van der Waals surface area contributed by atoms with Gasteiger partial charge in [0, 0.05) is 11.1 Å². The van der Waals surface area contributed by atoms with E-state index in [0.29, 0.717) is 33.8 Å². The van der Waals surface area contributed by atoms with E-state index in [4.69, 9.17) is 0 Å². The topological polar surface area (TPSA) is 70.7 Å². The number of aromatic nitrogens is 3. The molecule has 0 saturated carbocycles. The van der Waals surface area contributed by atoms with Crippen LogP contribution in [0.5, 0.6) is 0 Å². The van der Waals surface area contributed by atoms with Crippen LogP contribution in [0.25, 0.3) is 16.6 Å². The molecule has 3 aromatic rings. The zero-order valence-corrected chi connectivity index (χ0v) is 15.6. The highest BCUT2D eigenvalue weighted by Gasteiger charge is 2.20. The number of allylic oxidation sites excluding steroid dienone is 1. The average Bonchev–Trinajstić information content (AvgIpc) is 2.60. The second-order valence-corrected chi connectivity index (χ2v) is 6.59. The third-order valence-corrected chi connectivity index (χ3v) is 4.40. The summed E-state index contributed by atoms with van der Waals surface area (Å²) in [6, 6.07) is 4.84. The predicted octanol–water partition coefficient (Wildman–Crippen LogP) is 4.91. The van der Waals surface area contributed by atoms with Crippen molar-refractivity contribution < 1.29 is 13.2 Å². The van der Waals surface area contributed by atoms with Gasteiger partial charge in [-0.1, -0.05) is 24.8 Å². The summed E-state index contributed by atoms with van der Waals surface area (Å²) in [5.41, 5.74) is 0.377. The third kappa shape index (κ3) is 3.62. The van der Waals surface area contributed by atoms with Gasteiger partial charge in [0.2, 0.25) is 0 Å². The minimum absolute atomic E-state index is 0.0896. The van der Waals surface area contributed by atoms with E-state index in [1.165, 1.54) is 12.1 Å². The van der Waals surface area contributed by atoms with Crippen LogP contribution in [0.4, 0.5) is 19.0 Å². The Hall–Kier alpha value is -3.16. The molecule has 2 heterocycles. The lowest BCUT2D eigenvalue weighted by atomic mass is 10.0. The smallest absolute Gasteiger partial charge is 0.266 e. The normalized spacial score (nSPS) is 12.4. The predicted molar refractivity (Wildman–Crippen MR) is 103 cm³/mol. The lowest BCUT2D eigenvalue weighted by Crippen LogP contribution is -2.15. The summed E-state index contributed by atoms with van der Waals surface area (Å²) in [5.74, 6) is -0.207. The molecule has 0 spiro atoms. The lowest BCUT2D eigenvalue weighted by molar-refractivity contribution is 0.146. The molecule has 3 rings (SSSR count). The van der Waals surface area contributed by atoms with Crippen molar-refractivity contribution in [3.63, 3.8) is 0 Å². The van der Waals surface area contributed by atoms with Gasteiger partial charge in [0.15, 0.2) is 0 Å². The van der Waals surface area contributed by atoms with Gasteiger partial charge in [-0.3, -0.25) is 4.79 Å². The lowest BCUT2D eigenvalue weighted by Gasteiger charge is -2.18. The van der Waals surface area contributed by atoms with Crippen molar-refractivity contribution in [3.8, 4) is 0 Å². The third-order valence-electron chi connectivity index (χ3n) is 4.40. The van der Waals surface area contributed by atoms with Gasteiger partial charge in [0.25, 0.3) is 12.0 Å². The molecule has 0 aliphatic carbocycles. The molecule has 0 aliphatic heterocycles. The fourth-order valence-electron chi connectivity index (χ4n) is 2.98. The summed E-state index contributed by atoms with van der Waals surface area (Å²) in [5, 5.41) is 3.56. The Morgan fingerprint density at radius 2 is 1.93 bits per heavy atom. The zero-order valence-electron chi connectivity index (χ0n) is 15.6. The fourth-order valence-corrected chi connectivity index (χ4v) is 2.98. The Bertz CT molecular complexity index is 1120. The summed E-state index contributed by atoms with van der Waals surface area (Å²) in [6.07, 6.45) is -2.91. The molecule has 1 unspecified atom stereocenters. The maximum absolute atomic E-state index is 14.5. The molecule has 28 heavy (non-hydrogen) atoms. The first-order valence-corrected chi connectivity index (χ1v) is 8.59. The van der Waals surface area contributed by atoms with Gasteiger partial charge in [0.05, 0.1) is 17.0 Å². The number of hydrogen-bond acceptors (Lipinski definition) is 4. The first-order valence-electron chi connectivity index (χ1n) is 8.59. The number of alkyl halides is 2. The number of rotatable bonds is 5. The largest absolute Gasteiger partial charge is 0.363 e. The van der Waals surface area contributed by atoms with Crippen LogP contribution in [-0.4, -0.2) is 15.0 Å². The van der Waals surface area contributed by atoms with Gasteiger partial charge >= 0.3 is 0 Å². The van der Waals surface area contributed by atoms with E-state index >= 15 is 0 Å². The second kappa shape index (κ2) is 7.46. The molecule has 2 aromatic heterocycles. The summed E-state index contributed by atoms with van der Waals surface area (Å²) in [4.78, 5) is 23.4. The minimum Gasteiger partial charge on any atom is -0.363 e. The molecule has 2 N–H and O–H groups in total. The Balaban J connectivity index is 2.09. The number of hydrogen-bond donors (Lipinski definition) is 2. The molecule has 0 radical (unpaired) electrons. The molecular formula is C20H19F3N4O. The van der Waals surface area contributed by atoms with Gasteiger partial charge in [-0.05, 0) is 32.4 Å². The van der Waals surface area contributed by atoms with E-state index in [1.807, 2.05) is 0 Å². The first kappa shape index (κ1) is 19.6. The number of aromatic amines is 1. The average molecular weight is 388 g/mol. The van der Waals surface area contributed by atoms with E-state index in [1.54, 1.807) is 26.8 Å². The molecular weight excluding hydrogens is 369 g/mol. The van der Waals surface area contributed by atoms with Crippen molar-refractivity contribution in [2.75, 3.05) is 5.32 Å². The quantitative estimate of drug-likeness (QED) is 0.652. The zero-order chi connectivity index (χ0) is 20.6. The van der Waals surface area contributed by atoms with Crippen molar-refractivity contribution in [2.24, 2.45) is 0 Å². The second-order valence-electron chi connectivity index (χ2n) is 6.59. The van der Waals surface area contributed by atoms with Crippen LogP contribution in [0.15, 0.2) is 35.6 Å². The molecule has 0 amide bonds. The fraction of sp³-hybridized carbons (Fsp3) is 0.250. The molecule has 146 valence electrons. The van der Waals surface area contributed by atoms with Crippen LogP contribution in [0.2, 0.25) is 0 Å². The van der Waals surface area contributed by atoms with Crippen molar-refractivity contribution >= 4 is 22.4 Å². The van der Waals surface area contributed by atoms with Crippen LogP contribution in [0, 0.1) is 12.7 Å². The highest BCUT2D eigenvalue weighted by Crippen LogP contribution is 2.30. The first-order chi connectivity index (χ1) is 13.2. The number of halogens is 3. The van der Waals surface area contributed by atoms with Crippen molar-refractivity contribution in [1.82, 2.24) is 15.0 Å². The maximum atomic E-state index is 14.5. The van der Waals surface area contributed by atoms with Crippen LogP contribution in [0.3, 0.4) is 0 Å². The number of fused-ring (bicyclic) bond motifs is 1. The monoisotopic (exact) mass is 388 g/mol. The Morgan fingerprint density at radius 1 is 1.25 bits per heavy atom. The standard InChI is InChI=1S/C20H19F3N4O/c1-9(2)14-8-15-18(25-11(4)26-19(15)27-20(14)28)24-10(3)12-6-5-7-13(16(12)21)17(22)23/h5-8,10,17H,1H2,2-4H3,(H2,24,25,26,27,28). The molecule has 5 nitrogen and oxygen atoms in total. The molecule has 0 bridgehead atoms. The van der Waals surface area contributed by atoms with Crippen molar-refractivity contribution in [2.45, 2.75) is 33.2 Å². The Morgan fingerprint density at radius 3 is 2.57 bits per heavy atom. The summed E-state index contributed by atoms with van der Waals surface area (Å²) in [6.45, 7) is 8.78. The number of pyridine rings is 1. The van der Waals surface area contributed by atoms with Crippen molar-refractivity contribution in [1.29, 1.82) is 0 Å². The summed E-state index contributed by atoms with van der Waals surface area (Å²) in [7, 11) is 0. The molecule has 8 heteroatoms. The van der Waals surface area contributed by atoms with Gasteiger partial charge in [-0.15, -0.1) is 0 Å². The highest BCUT2D eigenvalue weighted by atomic mass is 19.3. The van der Waals surface area contributed by atoms with Crippen LogP contribution in [0.1, 0.15) is 48.8 Å². The molecule has 0 saturated heterocycles. The van der Waals surface area contributed by atoms with E-state index < -0.39 is 23.8 Å². The van der Waals surface area contributed by atoms with Gasteiger partial charge in [-0.2, -0.15) is 0 Å². The summed E-state index contributed by atoms with van der Waals surface area (Å²) >= 11 is 0. The number of nitrogens with zero attached hydrogens (tertiary/aromatic N) is 2. The van der Waals surface area contributed by atoms with Crippen LogP contribution < -0.4 is 10.9 Å². The Labute approximate surface area is 159 Å². The van der Waals surface area contributed by atoms with Crippen LogP contribution >= 0.6 is 0 Å². The van der Waals surface area contributed by atoms with E-state index in [9.17, 15) is 18.0 Å². The number of aryl methyl sites for hydroxylation is 1. The molecule has 1 atom stereocenters. The molecule has 0 fully saturated rings. The van der Waals surface area contributed by atoms with Gasteiger partial charge in [-0.25, -0.2) is 23.1 Å². The minimum atomic E-state index is -2.91. The Kier molecular flexibility index (Phi) is 5.22. The van der Waals surface area contributed by atoms with Gasteiger partial charge in [0.1, 0.15) is 23.1 Å². The van der Waals surface area contributed by atoms with E-state index in [0.717, 1.165) is 6.07 Å². The number of nitrogens with one attached hydrogen (secondary N) is 2. The number of anilines is 1. The molecule has 0 aliphatic rings. The molecule has 1 aromatic carbocycles. The number of H-pyrrole nitrogens is 1. The van der Waals surface area contributed by atoms with Crippen LogP contribution in [-0.2, 0) is 0 Å². The maximum Gasteiger partial charge on any atom is 0.266 e. The highest BCUT2D eigenvalue weighted by molar-refractivity contribution is 5.89. The summed E-state index contributed by atoms with van der Waals surface area (Å²) < 4.78 is 40.5.